The fraction of sp³-hybridized carbons (Fsp3) is 0.778. The van der Waals surface area contributed by atoms with E-state index in [0.717, 1.165) is 0 Å². The molecule has 0 radical (unpaired) electrons. The van der Waals surface area contributed by atoms with Crippen molar-refractivity contribution < 1.29 is 0 Å². The van der Waals surface area contributed by atoms with Gasteiger partial charge in [-0.1, -0.05) is 11.8 Å². The number of nitrogens with two attached hydrogens (primary N) is 1. The van der Waals surface area contributed by atoms with Crippen LogP contribution in [0.2, 0.25) is 0 Å². The van der Waals surface area contributed by atoms with E-state index in [0.29, 0.717) is 0 Å². The van der Waals surface area contributed by atoms with Crippen LogP contribution in [-0.4, -0.2) is 5.54 Å². The van der Waals surface area contributed by atoms with E-state index in [4.69, 9.17) is 5.73 Å². The molecule has 0 unspecified atom stereocenters. The van der Waals surface area contributed by atoms with Gasteiger partial charge in [0.25, 0.3) is 0 Å². The minimum absolute atomic E-state index is 0.0661. The molecule has 0 aromatic carbocycles. The maximum absolute atomic E-state index is 5.67. The van der Waals surface area contributed by atoms with E-state index < -0.39 is 0 Å². The highest BCUT2D eigenvalue weighted by Gasteiger charge is 2.08. The van der Waals surface area contributed by atoms with Crippen LogP contribution < -0.4 is 5.73 Å². The van der Waals surface area contributed by atoms with Gasteiger partial charge >= 0.3 is 0 Å². The lowest BCUT2D eigenvalue weighted by atomic mass is 9.96. The molecule has 0 fully saturated rings. The SMILES string of the molecule is CC(C)(C)C#CC(C)(C)N. The van der Waals surface area contributed by atoms with E-state index >= 15 is 0 Å². The summed E-state index contributed by atoms with van der Waals surface area (Å²) in [5.74, 6) is 6.08. The zero-order valence-electron chi connectivity index (χ0n) is 7.58. The molecule has 0 saturated heterocycles. The van der Waals surface area contributed by atoms with Gasteiger partial charge < -0.3 is 5.73 Å². The van der Waals surface area contributed by atoms with Gasteiger partial charge in [-0.3, -0.25) is 0 Å². The topological polar surface area (TPSA) is 26.0 Å². The monoisotopic (exact) mass is 139 g/mol. The van der Waals surface area contributed by atoms with Gasteiger partial charge in [-0.15, -0.1) is 0 Å². The summed E-state index contributed by atoms with van der Waals surface area (Å²) in [5.41, 5.74) is 5.38. The van der Waals surface area contributed by atoms with E-state index in [1.807, 2.05) is 13.8 Å². The highest BCUT2D eigenvalue weighted by Crippen LogP contribution is 2.10. The van der Waals surface area contributed by atoms with Crippen LogP contribution in [0.4, 0.5) is 0 Å². The lowest BCUT2D eigenvalue weighted by Gasteiger charge is -2.12. The molecule has 0 rings (SSSR count). The second-order valence-electron chi connectivity index (χ2n) is 4.22. The summed E-state index contributed by atoms with van der Waals surface area (Å²) < 4.78 is 0. The highest BCUT2D eigenvalue weighted by atomic mass is 14.7. The number of hydrogen-bond acceptors (Lipinski definition) is 1. The Morgan fingerprint density at radius 3 is 1.40 bits per heavy atom. The molecule has 0 aliphatic carbocycles. The lowest BCUT2D eigenvalue weighted by molar-refractivity contribution is 0.565. The number of rotatable bonds is 0. The predicted octanol–water partition coefficient (Wildman–Crippen LogP) is 1.77. The van der Waals surface area contributed by atoms with Crippen molar-refractivity contribution in [2.75, 3.05) is 0 Å². The molecule has 0 aromatic rings. The molecule has 0 aliphatic heterocycles. The first-order valence-electron chi connectivity index (χ1n) is 3.54. The first-order valence-corrected chi connectivity index (χ1v) is 3.54. The van der Waals surface area contributed by atoms with Crippen molar-refractivity contribution >= 4 is 0 Å². The van der Waals surface area contributed by atoms with Crippen LogP contribution in [0.15, 0.2) is 0 Å². The van der Waals surface area contributed by atoms with Gasteiger partial charge in [0.1, 0.15) is 0 Å². The fourth-order valence-corrected chi connectivity index (χ4v) is 0.349. The van der Waals surface area contributed by atoms with Crippen LogP contribution in [0.3, 0.4) is 0 Å². The van der Waals surface area contributed by atoms with Crippen LogP contribution in [0.5, 0.6) is 0 Å². The van der Waals surface area contributed by atoms with E-state index in [1.54, 1.807) is 0 Å². The molecule has 1 nitrogen and oxygen atoms in total. The van der Waals surface area contributed by atoms with Crippen LogP contribution in [0.25, 0.3) is 0 Å². The predicted molar refractivity (Wildman–Crippen MR) is 45.5 cm³/mol. The molecule has 0 aliphatic rings. The molecule has 0 bridgehead atoms. The Labute approximate surface area is 64.0 Å². The summed E-state index contributed by atoms with van der Waals surface area (Å²) in [6, 6.07) is 0. The molecule has 0 spiro atoms. The molecule has 0 saturated carbocycles. The molecule has 0 aromatic heterocycles. The van der Waals surface area contributed by atoms with Crippen LogP contribution >= 0.6 is 0 Å². The summed E-state index contributed by atoms with van der Waals surface area (Å²) in [6.45, 7) is 10.0. The first-order chi connectivity index (χ1) is 4.21. The third-order valence-electron chi connectivity index (χ3n) is 0.760. The van der Waals surface area contributed by atoms with Crippen LogP contribution in [-0.2, 0) is 0 Å². The summed E-state index contributed by atoms with van der Waals surface area (Å²) >= 11 is 0. The van der Waals surface area contributed by atoms with Gasteiger partial charge in [-0.25, -0.2) is 0 Å². The Hall–Kier alpha value is -0.480. The van der Waals surface area contributed by atoms with Crippen LogP contribution in [0.1, 0.15) is 34.6 Å². The van der Waals surface area contributed by atoms with Crippen molar-refractivity contribution in [2.24, 2.45) is 11.1 Å². The Balaban J connectivity index is 4.19. The average Bonchev–Trinajstić information content (AvgIpc) is 1.57. The quantitative estimate of drug-likeness (QED) is 0.509. The summed E-state index contributed by atoms with van der Waals surface area (Å²) in [5, 5.41) is 0. The standard InChI is InChI=1S/C9H17N/c1-8(2,3)6-7-9(4,5)10/h10H2,1-5H3. The van der Waals surface area contributed by atoms with Gasteiger partial charge in [-0.05, 0) is 34.6 Å². The molecule has 2 N–H and O–H groups in total. The summed E-state index contributed by atoms with van der Waals surface area (Å²) in [7, 11) is 0. The number of hydrogen-bond donors (Lipinski definition) is 1. The van der Waals surface area contributed by atoms with Crippen molar-refractivity contribution in [3.8, 4) is 11.8 Å². The van der Waals surface area contributed by atoms with Crippen molar-refractivity contribution in [3.63, 3.8) is 0 Å². The smallest absolute Gasteiger partial charge is 0.0719 e. The van der Waals surface area contributed by atoms with Crippen molar-refractivity contribution in [3.05, 3.63) is 0 Å². The lowest BCUT2D eigenvalue weighted by Crippen LogP contribution is -2.29. The van der Waals surface area contributed by atoms with E-state index in [1.165, 1.54) is 0 Å². The molecule has 1 heteroatoms. The van der Waals surface area contributed by atoms with Crippen molar-refractivity contribution in [1.82, 2.24) is 0 Å². The normalized spacial score (nSPS) is 12.2. The minimum atomic E-state index is -0.354. The molecule has 0 heterocycles. The van der Waals surface area contributed by atoms with E-state index in [2.05, 4.69) is 32.6 Å². The van der Waals surface area contributed by atoms with Gasteiger partial charge in [0.15, 0.2) is 0 Å². The third-order valence-corrected chi connectivity index (χ3v) is 0.760. The largest absolute Gasteiger partial charge is 0.316 e. The highest BCUT2D eigenvalue weighted by molar-refractivity contribution is 5.16. The molecule has 58 valence electrons. The molecule has 0 amide bonds. The average molecular weight is 139 g/mol. The zero-order chi connectivity index (χ0) is 8.41. The van der Waals surface area contributed by atoms with Crippen molar-refractivity contribution in [1.29, 1.82) is 0 Å². The Morgan fingerprint density at radius 2 is 1.30 bits per heavy atom. The van der Waals surface area contributed by atoms with Gasteiger partial charge in [0.2, 0.25) is 0 Å². The maximum Gasteiger partial charge on any atom is 0.0719 e. The summed E-state index contributed by atoms with van der Waals surface area (Å²) in [6.07, 6.45) is 0. The molecule has 10 heavy (non-hydrogen) atoms. The molecule has 0 atom stereocenters. The van der Waals surface area contributed by atoms with E-state index in [9.17, 15) is 0 Å². The minimum Gasteiger partial charge on any atom is -0.316 e. The third kappa shape index (κ3) is 7.52. The van der Waals surface area contributed by atoms with Gasteiger partial charge in [-0.2, -0.15) is 0 Å². The second-order valence-corrected chi connectivity index (χ2v) is 4.22. The second kappa shape index (κ2) is 2.64. The Morgan fingerprint density at radius 1 is 0.900 bits per heavy atom. The summed E-state index contributed by atoms with van der Waals surface area (Å²) in [4.78, 5) is 0. The molecular formula is C9H17N. The maximum atomic E-state index is 5.67. The Kier molecular flexibility index (Phi) is 2.51. The molecular weight excluding hydrogens is 122 g/mol. The Bertz CT molecular complexity index is 138. The van der Waals surface area contributed by atoms with E-state index in [-0.39, 0.29) is 11.0 Å². The zero-order valence-corrected chi connectivity index (χ0v) is 7.58. The van der Waals surface area contributed by atoms with Crippen molar-refractivity contribution in [2.45, 2.75) is 40.2 Å². The van der Waals surface area contributed by atoms with Gasteiger partial charge in [0, 0.05) is 5.41 Å². The first kappa shape index (κ1) is 9.52. The van der Waals surface area contributed by atoms with Gasteiger partial charge in [0.05, 0.1) is 5.54 Å². The van der Waals surface area contributed by atoms with Crippen LogP contribution in [0, 0.1) is 17.3 Å². The fourth-order valence-electron chi connectivity index (χ4n) is 0.349.